The smallest absolute Gasteiger partial charge is 0.348 e. The van der Waals surface area contributed by atoms with Crippen molar-refractivity contribution in [2.45, 2.75) is 84.2 Å². The van der Waals surface area contributed by atoms with Crippen LogP contribution in [-0.2, 0) is 14.3 Å². The number of hydrogen-bond donors (Lipinski definition) is 0. The Bertz CT molecular complexity index is 266. The van der Waals surface area contributed by atoms with E-state index in [1.807, 2.05) is 0 Å². The van der Waals surface area contributed by atoms with Crippen molar-refractivity contribution < 1.29 is 18.7 Å². The van der Waals surface area contributed by atoms with Crippen LogP contribution < -0.4 is 0 Å². The number of alkyl halides is 1. The highest BCUT2D eigenvalue weighted by Crippen LogP contribution is 2.12. The number of esters is 1. The van der Waals surface area contributed by atoms with E-state index in [0.717, 1.165) is 12.8 Å². The second-order valence-corrected chi connectivity index (χ2v) is 5.16. The highest BCUT2D eigenvalue weighted by molar-refractivity contribution is 6.01. The summed E-state index contributed by atoms with van der Waals surface area (Å²) in [7, 11) is 0. The van der Waals surface area contributed by atoms with Gasteiger partial charge in [0.1, 0.15) is 0 Å². The van der Waals surface area contributed by atoms with Gasteiger partial charge in [-0.05, 0) is 13.3 Å². The van der Waals surface area contributed by atoms with E-state index in [9.17, 15) is 14.0 Å². The van der Waals surface area contributed by atoms with Crippen molar-refractivity contribution in [3.8, 4) is 0 Å². The van der Waals surface area contributed by atoms with Gasteiger partial charge >= 0.3 is 5.97 Å². The molecule has 0 aliphatic heterocycles. The summed E-state index contributed by atoms with van der Waals surface area (Å²) in [6, 6.07) is 0. The minimum absolute atomic E-state index is 0.102. The molecule has 0 bridgehead atoms. The fraction of sp³-hybridized carbons (Fsp3) is 0.875. The van der Waals surface area contributed by atoms with Gasteiger partial charge in [0, 0.05) is 6.42 Å². The van der Waals surface area contributed by atoms with E-state index in [1.165, 1.54) is 38.5 Å². The van der Waals surface area contributed by atoms with E-state index < -0.39 is 17.9 Å². The highest BCUT2D eigenvalue weighted by Gasteiger charge is 2.26. The van der Waals surface area contributed by atoms with Gasteiger partial charge in [-0.3, -0.25) is 4.79 Å². The molecular formula is C16H29FO3. The molecule has 0 aromatic heterocycles. The predicted molar refractivity (Wildman–Crippen MR) is 78.4 cm³/mol. The van der Waals surface area contributed by atoms with E-state index >= 15 is 0 Å². The van der Waals surface area contributed by atoms with Gasteiger partial charge in [-0.15, -0.1) is 0 Å². The zero-order valence-electron chi connectivity index (χ0n) is 13.0. The molecule has 0 aromatic carbocycles. The maximum atomic E-state index is 13.3. The van der Waals surface area contributed by atoms with Crippen LogP contribution in [0.5, 0.6) is 0 Å². The summed E-state index contributed by atoms with van der Waals surface area (Å²) in [4.78, 5) is 22.4. The number of Topliss-reactive ketones (excluding diaryl/α,β-unsaturated/α-hetero) is 1. The van der Waals surface area contributed by atoms with Gasteiger partial charge in [-0.1, -0.05) is 58.3 Å². The van der Waals surface area contributed by atoms with Crippen LogP contribution in [0.15, 0.2) is 0 Å². The zero-order valence-corrected chi connectivity index (χ0v) is 13.0. The first kappa shape index (κ1) is 19.1. The Morgan fingerprint density at radius 3 is 1.90 bits per heavy atom. The lowest BCUT2D eigenvalue weighted by molar-refractivity contribution is -0.152. The Morgan fingerprint density at radius 1 is 0.900 bits per heavy atom. The first-order valence-corrected chi connectivity index (χ1v) is 7.96. The summed E-state index contributed by atoms with van der Waals surface area (Å²) in [5, 5.41) is 0. The average molecular weight is 288 g/mol. The lowest BCUT2D eigenvalue weighted by atomic mass is 10.0. The topological polar surface area (TPSA) is 43.4 Å². The zero-order chi connectivity index (χ0) is 15.2. The second-order valence-electron chi connectivity index (χ2n) is 5.16. The Balaban J connectivity index is 3.45. The van der Waals surface area contributed by atoms with Crippen molar-refractivity contribution in [2.24, 2.45) is 0 Å². The summed E-state index contributed by atoms with van der Waals surface area (Å²) in [6.45, 7) is 3.89. The van der Waals surface area contributed by atoms with Crippen molar-refractivity contribution in [1.29, 1.82) is 0 Å². The van der Waals surface area contributed by atoms with Crippen molar-refractivity contribution in [2.75, 3.05) is 6.61 Å². The Kier molecular flexibility index (Phi) is 12.5. The molecule has 0 rings (SSSR count). The van der Waals surface area contributed by atoms with Crippen molar-refractivity contribution in [3.05, 3.63) is 0 Å². The molecule has 0 fully saturated rings. The highest BCUT2D eigenvalue weighted by atomic mass is 19.1. The summed E-state index contributed by atoms with van der Waals surface area (Å²) in [5.41, 5.74) is 0. The molecule has 3 nitrogen and oxygen atoms in total. The molecule has 0 saturated carbocycles. The van der Waals surface area contributed by atoms with E-state index in [1.54, 1.807) is 6.92 Å². The monoisotopic (exact) mass is 288 g/mol. The molecule has 118 valence electrons. The number of ether oxygens (including phenoxy) is 1. The van der Waals surface area contributed by atoms with Crippen molar-refractivity contribution >= 4 is 11.8 Å². The first-order valence-electron chi connectivity index (χ1n) is 7.96. The Hall–Kier alpha value is -0.930. The number of halogens is 1. The summed E-state index contributed by atoms with van der Waals surface area (Å²) < 4.78 is 17.8. The molecule has 1 atom stereocenters. The van der Waals surface area contributed by atoms with Gasteiger partial charge in [0.2, 0.25) is 0 Å². The molecule has 0 saturated heterocycles. The van der Waals surface area contributed by atoms with Crippen molar-refractivity contribution in [3.63, 3.8) is 0 Å². The molecule has 0 aliphatic rings. The quantitative estimate of drug-likeness (QED) is 0.287. The molecule has 0 heterocycles. The van der Waals surface area contributed by atoms with Crippen LogP contribution in [-0.4, -0.2) is 24.5 Å². The van der Waals surface area contributed by atoms with Crippen LogP contribution in [0.25, 0.3) is 0 Å². The third kappa shape index (κ3) is 9.93. The van der Waals surface area contributed by atoms with E-state index in [0.29, 0.717) is 6.42 Å². The summed E-state index contributed by atoms with van der Waals surface area (Å²) >= 11 is 0. The van der Waals surface area contributed by atoms with Gasteiger partial charge in [0.15, 0.2) is 5.78 Å². The van der Waals surface area contributed by atoms with Crippen LogP contribution in [0.1, 0.15) is 78.1 Å². The number of carbonyl (C=O) groups is 2. The molecule has 4 heteroatoms. The molecule has 0 aromatic rings. The Morgan fingerprint density at radius 2 is 1.40 bits per heavy atom. The second kappa shape index (κ2) is 13.1. The molecule has 0 amide bonds. The Labute approximate surface area is 122 Å². The molecule has 1 unspecified atom stereocenters. The van der Waals surface area contributed by atoms with Crippen LogP contribution >= 0.6 is 0 Å². The minimum atomic E-state index is -2.09. The molecule has 0 radical (unpaired) electrons. The fourth-order valence-corrected chi connectivity index (χ4v) is 2.08. The number of unbranched alkanes of at least 4 members (excludes halogenated alkanes) is 8. The standard InChI is InChI=1S/C16H29FO3/c1-3-5-6-7-8-9-10-11-12-13-14(18)15(17)16(19)20-4-2/h15H,3-13H2,1-2H3. The number of carbonyl (C=O) groups excluding carboxylic acids is 2. The molecule has 0 N–H and O–H groups in total. The lowest BCUT2D eigenvalue weighted by Gasteiger charge is -2.06. The largest absolute Gasteiger partial charge is 0.463 e. The maximum absolute atomic E-state index is 13.3. The van der Waals surface area contributed by atoms with Crippen LogP contribution in [0.3, 0.4) is 0 Å². The van der Waals surface area contributed by atoms with E-state index in [4.69, 9.17) is 0 Å². The maximum Gasteiger partial charge on any atom is 0.348 e. The van der Waals surface area contributed by atoms with Gasteiger partial charge in [-0.25, -0.2) is 9.18 Å². The molecule has 0 spiro atoms. The lowest BCUT2D eigenvalue weighted by Crippen LogP contribution is -2.27. The third-order valence-corrected chi connectivity index (χ3v) is 3.30. The molecule has 20 heavy (non-hydrogen) atoms. The summed E-state index contributed by atoms with van der Waals surface area (Å²) in [6.07, 6.45) is 8.27. The van der Waals surface area contributed by atoms with Gasteiger partial charge in [0.05, 0.1) is 6.61 Å². The van der Waals surface area contributed by atoms with Crippen LogP contribution in [0.2, 0.25) is 0 Å². The number of hydrogen-bond acceptors (Lipinski definition) is 3. The summed E-state index contributed by atoms with van der Waals surface area (Å²) in [5.74, 6) is -1.69. The normalized spacial score (nSPS) is 12.2. The molecule has 0 aliphatic carbocycles. The third-order valence-electron chi connectivity index (χ3n) is 3.30. The van der Waals surface area contributed by atoms with Crippen LogP contribution in [0.4, 0.5) is 4.39 Å². The van der Waals surface area contributed by atoms with Crippen LogP contribution in [0, 0.1) is 0 Å². The SMILES string of the molecule is CCCCCCCCCCCC(=O)C(F)C(=O)OCC. The van der Waals surface area contributed by atoms with E-state index in [2.05, 4.69) is 11.7 Å². The van der Waals surface area contributed by atoms with Crippen molar-refractivity contribution in [1.82, 2.24) is 0 Å². The van der Waals surface area contributed by atoms with Gasteiger partial charge < -0.3 is 4.74 Å². The predicted octanol–water partition coefficient (Wildman–Crippen LogP) is 4.38. The minimum Gasteiger partial charge on any atom is -0.463 e. The van der Waals surface area contributed by atoms with E-state index in [-0.39, 0.29) is 13.0 Å². The first-order chi connectivity index (χ1) is 9.63. The number of ketones is 1. The molecular weight excluding hydrogens is 259 g/mol. The number of rotatable bonds is 13. The average Bonchev–Trinajstić information content (AvgIpc) is 2.44. The fourth-order valence-electron chi connectivity index (χ4n) is 2.08. The van der Waals surface area contributed by atoms with Gasteiger partial charge in [0.25, 0.3) is 6.17 Å². The van der Waals surface area contributed by atoms with Gasteiger partial charge in [-0.2, -0.15) is 0 Å².